The van der Waals surface area contributed by atoms with Gasteiger partial charge in [0.25, 0.3) is 0 Å². The highest BCUT2D eigenvalue weighted by Gasteiger charge is 2.12. The Morgan fingerprint density at radius 1 is 1.26 bits per heavy atom. The van der Waals surface area contributed by atoms with Crippen LogP contribution >= 0.6 is 11.6 Å². The van der Waals surface area contributed by atoms with E-state index >= 15 is 0 Å². The maximum Gasteiger partial charge on any atom is 0.179 e. The molecular formula is C15H22ClNO2. The Bertz CT molecular complexity index is 444. The Morgan fingerprint density at radius 2 is 2.00 bits per heavy atom. The number of hydrogen-bond acceptors (Lipinski definition) is 3. The zero-order chi connectivity index (χ0) is 14.3. The van der Waals surface area contributed by atoms with E-state index in [1.54, 1.807) is 14.2 Å². The van der Waals surface area contributed by atoms with Gasteiger partial charge in [-0.05, 0) is 30.7 Å². The van der Waals surface area contributed by atoms with Crippen LogP contribution in [0.3, 0.4) is 0 Å². The highest BCUT2D eigenvalue weighted by Crippen LogP contribution is 2.38. The molecule has 0 aliphatic heterocycles. The normalized spacial score (nSPS) is 11.5. The lowest BCUT2D eigenvalue weighted by atomic mass is 10.1. The molecule has 0 bridgehead atoms. The van der Waals surface area contributed by atoms with Crippen LogP contribution in [0.25, 0.3) is 6.08 Å². The molecule has 1 rings (SSSR count). The second kappa shape index (κ2) is 8.08. The molecule has 3 nitrogen and oxygen atoms in total. The Labute approximate surface area is 120 Å². The Morgan fingerprint density at radius 3 is 2.53 bits per heavy atom. The van der Waals surface area contributed by atoms with Gasteiger partial charge in [-0.1, -0.05) is 37.1 Å². The summed E-state index contributed by atoms with van der Waals surface area (Å²) in [4.78, 5) is 0. The highest BCUT2D eigenvalue weighted by atomic mass is 35.5. The van der Waals surface area contributed by atoms with E-state index in [1.807, 2.05) is 12.1 Å². The van der Waals surface area contributed by atoms with E-state index < -0.39 is 0 Å². The summed E-state index contributed by atoms with van der Waals surface area (Å²) in [7, 11) is 3.20. The molecule has 0 heterocycles. The summed E-state index contributed by atoms with van der Waals surface area (Å²) in [5.41, 5.74) is 2.25. The summed E-state index contributed by atoms with van der Waals surface area (Å²) in [5.74, 6) is 1.23. The maximum atomic E-state index is 6.36. The van der Waals surface area contributed by atoms with Crippen LogP contribution in [0.2, 0.25) is 5.02 Å². The SMILES string of the molecule is CCNCC(=Cc1ccc(OC)c(OC)c1Cl)CC. The van der Waals surface area contributed by atoms with Gasteiger partial charge in [-0.15, -0.1) is 0 Å². The van der Waals surface area contributed by atoms with Gasteiger partial charge < -0.3 is 14.8 Å². The van der Waals surface area contributed by atoms with E-state index in [4.69, 9.17) is 21.1 Å². The number of halogens is 1. The number of benzene rings is 1. The van der Waals surface area contributed by atoms with Crippen molar-refractivity contribution in [3.63, 3.8) is 0 Å². The minimum Gasteiger partial charge on any atom is -0.493 e. The molecule has 0 spiro atoms. The van der Waals surface area contributed by atoms with Gasteiger partial charge in [0.2, 0.25) is 0 Å². The fraction of sp³-hybridized carbons (Fsp3) is 0.467. The molecule has 1 N–H and O–H groups in total. The number of likely N-dealkylation sites (N-methyl/N-ethyl adjacent to an activating group) is 1. The minimum absolute atomic E-state index is 0.580. The predicted octanol–water partition coefficient (Wildman–Crippen LogP) is 3.76. The smallest absolute Gasteiger partial charge is 0.179 e. The molecular weight excluding hydrogens is 262 g/mol. The summed E-state index contributed by atoms with van der Waals surface area (Å²) >= 11 is 6.36. The first-order valence-corrected chi connectivity index (χ1v) is 6.86. The van der Waals surface area contributed by atoms with Crippen molar-refractivity contribution in [2.75, 3.05) is 27.3 Å². The van der Waals surface area contributed by atoms with Gasteiger partial charge in [0, 0.05) is 6.54 Å². The zero-order valence-electron chi connectivity index (χ0n) is 12.0. The molecule has 4 heteroatoms. The van der Waals surface area contributed by atoms with Crippen molar-refractivity contribution >= 4 is 17.7 Å². The van der Waals surface area contributed by atoms with Crippen molar-refractivity contribution in [3.05, 3.63) is 28.3 Å². The molecule has 0 aliphatic carbocycles. The van der Waals surface area contributed by atoms with Crippen molar-refractivity contribution < 1.29 is 9.47 Å². The van der Waals surface area contributed by atoms with Crippen LogP contribution in [-0.2, 0) is 0 Å². The average Bonchev–Trinajstić information content (AvgIpc) is 2.44. The Kier molecular flexibility index (Phi) is 6.74. The van der Waals surface area contributed by atoms with Gasteiger partial charge in [0.1, 0.15) is 0 Å². The molecule has 0 saturated carbocycles. The van der Waals surface area contributed by atoms with Gasteiger partial charge in [-0.3, -0.25) is 0 Å². The number of hydrogen-bond donors (Lipinski definition) is 1. The molecule has 106 valence electrons. The topological polar surface area (TPSA) is 30.5 Å². The first-order chi connectivity index (χ1) is 9.17. The van der Waals surface area contributed by atoms with Crippen LogP contribution in [0.15, 0.2) is 17.7 Å². The molecule has 0 radical (unpaired) electrons. The van der Waals surface area contributed by atoms with Gasteiger partial charge in [-0.2, -0.15) is 0 Å². The third-order valence-electron chi connectivity index (χ3n) is 2.93. The maximum absolute atomic E-state index is 6.36. The minimum atomic E-state index is 0.580. The van der Waals surface area contributed by atoms with Crippen LogP contribution in [0, 0.1) is 0 Å². The standard InChI is InChI=1S/C15H22ClNO2/c1-5-11(10-17-6-2)9-12-7-8-13(18-3)15(19-4)14(12)16/h7-9,17H,5-6,10H2,1-4H3. The molecule has 0 atom stereocenters. The Hall–Kier alpha value is -1.19. The van der Waals surface area contributed by atoms with E-state index in [-0.39, 0.29) is 0 Å². The van der Waals surface area contributed by atoms with Crippen LogP contribution in [0.5, 0.6) is 11.5 Å². The lowest BCUT2D eigenvalue weighted by molar-refractivity contribution is 0.355. The lowest BCUT2D eigenvalue weighted by Gasteiger charge is -2.12. The molecule has 0 aliphatic rings. The highest BCUT2D eigenvalue weighted by molar-refractivity contribution is 6.33. The van der Waals surface area contributed by atoms with E-state index in [1.165, 1.54) is 5.57 Å². The van der Waals surface area contributed by atoms with E-state index in [0.29, 0.717) is 16.5 Å². The fourth-order valence-corrected chi connectivity index (χ4v) is 2.09. The zero-order valence-corrected chi connectivity index (χ0v) is 12.8. The van der Waals surface area contributed by atoms with Gasteiger partial charge in [-0.25, -0.2) is 0 Å². The summed E-state index contributed by atoms with van der Waals surface area (Å²) < 4.78 is 10.5. The molecule has 1 aromatic carbocycles. The average molecular weight is 284 g/mol. The molecule has 0 aromatic heterocycles. The second-order valence-electron chi connectivity index (χ2n) is 4.14. The first-order valence-electron chi connectivity index (χ1n) is 6.48. The molecule has 1 aromatic rings. The number of methoxy groups -OCH3 is 2. The lowest BCUT2D eigenvalue weighted by Crippen LogP contribution is -2.15. The van der Waals surface area contributed by atoms with Crippen molar-refractivity contribution in [2.45, 2.75) is 20.3 Å². The fourth-order valence-electron chi connectivity index (χ4n) is 1.80. The molecule has 0 saturated heterocycles. The number of ether oxygens (including phenoxy) is 2. The van der Waals surface area contributed by atoms with Crippen molar-refractivity contribution in [3.8, 4) is 11.5 Å². The molecule has 0 amide bonds. The molecule has 0 fully saturated rings. The molecule has 0 unspecified atom stereocenters. The first kappa shape index (κ1) is 15.9. The quantitative estimate of drug-likeness (QED) is 0.826. The van der Waals surface area contributed by atoms with Gasteiger partial charge in [0.05, 0.1) is 19.2 Å². The van der Waals surface area contributed by atoms with Crippen LogP contribution in [0.1, 0.15) is 25.8 Å². The van der Waals surface area contributed by atoms with Crippen molar-refractivity contribution in [2.24, 2.45) is 0 Å². The van der Waals surface area contributed by atoms with Crippen LogP contribution < -0.4 is 14.8 Å². The third-order valence-corrected chi connectivity index (χ3v) is 3.32. The predicted molar refractivity (Wildman–Crippen MR) is 81.4 cm³/mol. The Balaban J connectivity index is 3.09. The van der Waals surface area contributed by atoms with E-state index in [2.05, 4.69) is 25.2 Å². The van der Waals surface area contributed by atoms with E-state index in [0.717, 1.165) is 25.1 Å². The summed E-state index contributed by atoms with van der Waals surface area (Å²) in [6.45, 7) is 6.06. The molecule has 19 heavy (non-hydrogen) atoms. The number of rotatable bonds is 7. The number of nitrogens with one attached hydrogen (secondary N) is 1. The summed E-state index contributed by atoms with van der Waals surface area (Å²) in [6.07, 6.45) is 3.09. The van der Waals surface area contributed by atoms with Gasteiger partial charge >= 0.3 is 0 Å². The van der Waals surface area contributed by atoms with Gasteiger partial charge in [0.15, 0.2) is 11.5 Å². The van der Waals surface area contributed by atoms with E-state index in [9.17, 15) is 0 Å². The second-order valence-corrected chi connectivity index (χ2v) is 4.52. The van der Waals surface area contributed by atoms with Crippen molar-refractivity contribution in [1.82, 2.24) is 5.32 Å². The monoisotopic (exact) mass is 283 g/mol. The third kappa shape index (κ3) is 4.15. The largest absolute Gasteiger partial charge is 0.493 e. The summed E-state index contributed by atoms with van der Waals surface area (Å²) in [6, 6.07) is 3.82. The van der Waals surface area contributed by atoms with Crippen LogP contribution in [-0.4, -0.2) is 27.3 Å². The van der Waals surface area contributed by atoms with Crippen molar-refractivity contribution in [1.29, 1.82) is 0 Å². The summed E-state index contributed by atoms with van der Waals surface area (Å²) in [5, 5.41) is 3.91. The van der Waals surface area contributed by atoms with Crippen LogP contribution in [0.4, 0.5) is 0 Å².